The van der Waals surface area contributed by atoms with Crippen molar-refractivity contribution in [3.8, 4) is 16.9 Å². The summed E-state index contributed by atoms with van der Waals surface area (Å²) in [5.41, 5.74) is 1.28. The molecule has 2 aromatic rings. The summed E-state index contributed by atoms with van der Waals surface area (Å²) in [5.74, 6) is -2.10. The van der Waals surface area contributed by atoms with Gasteiger partial charge in [0.1, 0.15) is 11.6 Å². The number of carboxylic acids is 1. The summed E-state index contributed by atoms with van der Waals surface area (Å²) >= 11 is 0. The Kier molecular flexibility index (Phi) is 5.91. The zero-order valence-electron chi connectivity index (χ0n) is 14.5. The minimum atomic E-state index is -1.01. The van der Waals surface area contributed by atoms with Crippen LogP contribution in [-0.4, -0.2) is 17.0 Å². The van der Waals surface area contributed by atoms with Crippen LogP contribution < -0.4 is 4.74 Å². The van der Waals surface area contributed by atoms with Gasteiger partial charge in [0.15, 0.2) is 0 Å². The number of aliphatic carboxylic acids is 1. The maximum atomic E-state index is 14.4. The van der Waals surface area contributed by atoms with Gasteiger partial charge in [-0.3, -0.25) is 9.59 Å². The van der Waals surface area contributed by atoms with Crippen molar-refractivity contribution in [2.24, 2.45) is 5.92 Å². The van der Waals surface area contributed by atoms with Crippen molar-refractivity contribution in [3.05, 3.63) is 53.8 Å². The van der Waals surface area contributed by atoms with Gasteiger partial charge in [0, 0.05) is 12.0 Å². The van der Waals surface area contributed by atoms with Crippen molar-refractivity contribution in [2.75, 3.05) is 0 Å². The van der Waals surface area contributed by atoms with Gasteiger partial charge in [-0.1, -0.05) is 38.1 Å². The second-order valence-corrected chi connectivity index (χ2v) is 6.40. The molecule has 0 radical (unpaired) electrons. The van der Waals surface area contributed by atoms with E-state index >= 15 is 0 Å². The highest BCUT2D eigenvalue weighted by atomic mass is 19.1. The van der Waals surface area contributed by atoms with Crippen molar-refractivity contribution < 1.29 is 23.8 Å². The summed E-state index contributed by atoms with van der Waals surface area (Å²) in [4.78, 5) is 22.8. The van der Waals surface area contributed by atoms with Gasteiger partial charge in [-0.05, 0) is 42.2 Å². The molecule has 0 aliphatic carbocycles. The summed E-state index contributed by atoms with van der Waals surface area (Å²) in [6.07, 6.45) is 0.306. The number of carboxylic acid groups (broad SMARTS) is 1. The van der Waals surface area contributed by atoms with Crippen molar-refractivity contribution in [1.29, 1.82) is 0 Å². The number of carbonyl (C=O) groups excluding carboxylic acids is 1. The summed E-state index contributed by atoms with van der Waals surface area (Å²) in [5, 5.41) is 9.02. The normalized spacial score (nSPS) is 12.0. The lowest BCUT2D eigenvalue weighted by molar-refractivity contribution is -0.138. The van der Waals surface area contributed by atoms with Crippen LogP contribution in [0.25, 0.3) is 11.1 Å². The molecule has 0 fully saturated rings. The molecule has 2 aromatic carbocycles. The van der Waals surface area contributed by atoms with E-state index in [-0.39, 0.29) is 11.9 Å². The average Bonchev–Trinajstić information content (AvgIpc) is 2.53. The number of carbonyl (C=O) groups is 2. The Morgan fingerprint density at radius 2 is 1.84 bits per heavy atom. The Morgan fingerprint density at radius 1 is 1.12 bits per heavy atom. The van der Waals surface area contributed by atoms with Crippen LogP contribution in [0.4, 0.5) is 4.39 Å². The van der Waals surface area contributed by atoms with E-state index in [2.05, 4.69) is 0 Å². The summed E-state index contributed by atoms with van der Waals surface area (Å²) in [7, 11) is 0. The Bertz CT molecular complexity index is 783. The fraction of sp³-hybridized carbons (Fsp3) is 0.300. The molecule has 5 heteroatoms. The number of rotatable bonds is 6. The number of ether oxygens (including phenoxy) is 1. The SMILES string of the molecule is CC(C)CC(=O)Oc1cccc(-c2ccc(C(C)C(=O)O)cc2F)c1. The van der Waals surface area contributed by atoms with Gasteiger partial charge >= 0.3 is 11.9 Å². The molecule has 2 rings (SSSR count). The lowest BCUT2D eigenvalue weighted by Gasteiger charge is -2.11. The molecule has 1 N–H and O–H groups in total. The number of benzene rings is 2. The van der Waals surface area contributed by atoms with E-state index in [1.807, 2.05) is 13.8 Å². The largest absolute Gasteiger partial charge is 0.481 e. The number of hydrogen-bond acceptors (Lipinski definition) is 3. The monoisotopic (exact) mass is 344 g/mol. The number of halogens is 1. The van der Waals surface area contributed by atoms with Crippen molar-refractivity contribution in [3.63, 3.8) is 0 Å². The highest BCUT2D eigenvalue weighted by Crippen LogP contribution is 2.29. The Hall–Kier alpha value is -2.69. The first kappa shape index (κ1) is 18.6. The highest BCUT2D eigenvalue weighted by Gasteiger charge is 2.16. The maximum absolute atomic E-state index is 14.4. The van der Waals surface area contributed by atoms with Crippen molar-refractivity contribution >= 4 is 11.9 Å². The first-order chi connectivity index (χ1) is 11.8. The zero-order chi connectivity index (χ0) is 18.6. The topological polar surface area (TPSA) is 63.6 Å². The third-order valence-electron chi connectivity index (χ3n) is 3.82. The predicted octanol–water partition coefficient (Wildman–Crippen LogP) is 4.63. The minimum Gasteiger partial charge on any atom is -0.481 e. The van der Waals surface area contributed by atoms with E-state index in [9.17, 15) is 14.0 Å². The summed E-state index contributed by atoms with van der Waals surface area (Å²) in [6, 6.07) is 11.0. The van der Waals surface area contributed by atoms with Crippen LogP contribution in [0.3, 0.4) is 0 Å². The van der Waals surface area contributed by atoms with Gasteiger partial charge in [0.05, 0.1) is 5.92 Å². The fourth-order valence-electron chi connectivity index (χ4n) is 2.41. The Labute approximate surface area is 146 Å². The van der Waals surface area contributed by atoms with E-state index in [0.717, 1.165) is 0 Å². The van der Waals surface area contributed by atoms with E-state index in [1.165, 1.54) is 13.0 Å². The molecule has 0 aliphatic heterocycles. The van der Waals surface area contributed by atoms with Crippen molar-refractivity contribution in [1.82, 2.24) is 0 Å². The van der Waals surface area contributed by atoms with Crippen LogP contribution in [0.1, 0.15) is 38.7 Å². The molecule has 0 bridgehead atoms. The van der Waals surface area contributed by atoms with Gasteiger partial charge in [-0.2, -0.15) is 0 Å². The third-order valence-corrected chi connectivity index (χ3v) is 3.82. The third kappa shape index (κ3) is 4.89. The Morgan fingerprint density at radius 3 is 2.44 bits per heavy atom. The van der Waals surface area contributed by atoms with Crippen LogP contribution in [0, 0.1) is 11.7 Å². The van der Waals surface area contributed by atoms with Gasteiger partial charge in [0.25, 0.3) is 0 Å². The summed E-state index contributed by atoms with van der Waals surface area (Å²) < 4.78 is 19.7. The molecule has 0 aromatic heterocycles. The Balaban J connectivity index is 2.26. The van der Waals surface area contributed by atoms with Crippen LogP contribution in [0.5, 0.6) is 5.75 Å². The zero-order valence-corrected chi connectivity index (χ0v) is 14.5. The predicted molar refractivity (Wildman–Crippen MR) is 93.0 cm³/mol. The molecule has 0 saturated carbocycles. The minimum absolute atomic E-state index is 0.192. The van der Waals surface area contributed by atoms with E-state index in [0.29, 0.717) is 28.9 Å². The lowest BCUT2D eigenvalue weighted by Crippen LogP contribution is -2.10. The first-order valence-electron chi connectivity index (χ1n) is 8.11. The maximum Gasteiger partial charge on any atom is 0.311 e. The smallest absolute Gasteiger partial charge is 0.311 e. The van der Waals surface area contributed by atoms with E-state index in [4.69, 9.17) is 9.84 Å². The van der Waals surface area contributed by atoms with Gasteiger partial charge < -0.3 is 9.84 Å². The second-order valence-electron chi connectivity index (χ2n) is 6.40. The first-order valence-corrected chi connectivity index (χ1v) is 8.11. The summed E-state index contributed by atoms with van der Waals surface area (Å²) in [6.45, 7) is 5.35. The molecular weight excluding hydrogens is 323 g/mol. The lowest BCUT2D eigenvalue weighted by atomic mass is 9.97. The van der Waals surface area contributed by atoms with Gasteiger partial charge in [-0.15, -0.1) is 0 Å². The molecule has 0 aliphatic rings. The van der Waals surface area contributed by atoms with Crippen LogP contribution >= 0.6 is 0 Å². The van der Waals surface area contributed by atoms with E-state index in [1.54, 1.807) is 36.4 Å². The molecule has 25 heavy (non-hydrogen) atoms. The number of esters is 1. The van der Waals surface area contributed by atoms with Gasteiger partial charge in [-0.25, -0.2) is 4.39 Å². The highest BCUT2D eigenvalue weighted by molar-refractivity contribution is 5.77. The number of hydrogen-bond donors (Lipinski definition) is 1. The van der Waals surface area contributed by atoms with Gasteiger partial charge in [0.2, 0.25) is 0 Å². The molecule has 0 saturated heterocycles. The quantitative estimate of drug-likeness (QED) is 0.613. The second kappa shape index (κ2) is 7.92. The molecular formula is C20H21FO4. The van der Waals surface area contributed by atoms with E-state index < -0.39 is 17.7 Å². The van der Waals surface area contributed by atoms with Crippen LogP contribution in [0.15, 0.2) is 42.5 Å². The standard InChI is InChI=1S/C20H21FO4/c1-12(2)9-19(22)25-16-6-4-5-15(10-16)17-8-7-14(11-18(17)21)13(3)20(23)24/h4-8,10-13H,9H2,1-3H3,(H,23,24). The fourth-order valence-corrected chi connectivity index (χ4v) is 2.41. The molecule has 1 atom stereocenters. The molecule has 0 spiro atoms. The molecule has 1 unspecified atom stereocenters. The molecule has 0 amide bonds. The molecule has 4 nitrogen and oxygen atoms in total. The van der Waals surface area contributed by atoms with Crippen LogP contribution in [-0.2, 0) is 9.59 Å². The molecule has 132 valence electrons. The molecule has 0 heterocycles. The van der Waals surface area contributed by atoms with Crippen molar-refractivity contribution in [2.45, 2.75) is 33.1 Å². The average molecular weight is 344 g/mol. The van der Waals surface area contributed by atoms with Crippen LogP contribution in [0.2, 0.25) is 0 Å².